The number of hydrogen-bond acceptors (Lipinski definition) is 3. The maximum Gasteiger partial charge on any atom is 0.315 e. The summed E-state index contributed by atoms with van der Waals surface area (Å²) in [6, 6.07) is 3.39. The van der Waals surface area contributed by atoms with Gasteiger partial charge in [-0.2, -0.15) is 0 Å². The van der Waals surface area contributed by atoms with Crippen LogP contribution in [0, 0.1) is 0 Å². The number of amides is 2. The van der Waals surface area contributed by atoms with E-state index in [1.807, 2.05) is 13.0 Å². The summed E-state index contributed by atoms with van der Waals surface area (Å²) in [5.41, 5.74) is 6.36. The molecule has 1 rings (SSSR count). The van der Waals surface area contributed by atoms with Crippen molar-refractivity contribution in [2.24, 2.45) is 0 Å². The second-order valence-electron chi connectivity index (χ2n) is 3.20. The van der Waals surface area contributed by atoms with Gasteiger partial charge in [0.25, 0.3) is 0 Å². The molecule has 0 radical (unpaired) electrons. The predicted molar refractivity (Wildman–Crippen MR) is 59.2 cm³/mol. The van der Waals surface area contributed by atoms with Crippen molar-refractivity contribution in [3.05, 3.63) is 23.9 Å². The van der Waals surface area contributed by atoms with Crippen LogP contribution < -0.4 is 16.4 Å². The average Bonchev–Trinajstić information content (AvgIpc) is 2.25. The Hall–Kier alpha value is -1.78. The Morgan fingerprint density at radius 2 is 2.27 bits per heavy atom. The maximum atomic E-state index is 11.2. The van der Waals surface area contributed by atoms with E-state index in [1.165, 1.54) is 0 Å². The third kappa shape index (κ3) is 4.30. The summed E-state index contributed by atoms with van der Waals surface area (Å²) >= 11 is 0. The largest absolute Gasteiger partial charge is 0.384 e. The van der Waals surface area contributed by atoms with E-state index in [4.69, 9.17) is 5.73 Å². The maximum absolute atomic E-state index is 11.2. The van der Waals surface area contributed by atoms with Crippen LogP contribution in [0.1, 0.15) is 18.9 Å². The van der Waals surface area contributed by atoms with Gasteiger partial charge in [0.2, 0.25) is 0 Å². The molecule has 0 saturated heterocycles. The molecule has 0 aliphatic carbocycles. The fourth-order valence-corrected chi connectivity index (χ4v) is 1.02. The molecule has 5 heteroatoms. The number of nitrogens with two attached hydrogens (primary N) is 1. The first-order chi connectivity index (χ1) is 7.22. The lowest BCUT2D eigenvalue weighted by Gasteiger charge is -2.06. The summed E-state index contributed by atoms with van der Waals surface area (Å²) in [6.07, 6.45) is 2.58. The summed E-state index contributed by atoms with van der Waals surface area (Å²) in [7, 11) is 0. The lowest BCUT2D eigenvalue weighted by Crippen LogP contribution is -2.35. The van der Waals surface area contributed by atoms with E-state index in [9.17, 15) is 4.79 Å². The molecule has 0 atom stereocenters. The first kappa shape index (κ1) is 11.3. The molecule has 0 aromatic carbocycles. The molecule has 1 aromatic rings. The number of pyridine rings is 1. The molecule has 0 fully saturated rings. The molecule has 0 unspecified atom stereocenters. The lowest BCUT2D eigenvalue weighted by atomic mass is 10.3. The highest BCUT2D eigenvalue weighted by Crippen LogP contribution is 2.00. The number of nitrogen functional groups attached to an aromatic ring is 1. The molecular formula is C10H16N4O. The Kier molecular flexibility index (Phi) is 4.40. The van der Waals surface area contributed by atoms with Gasteiger partial charge in [0, 0.05) is 19.3 Å². The monoisotopic (exact) mass is 208 g/mol. The fourth-order valence-electron chi connectivity index (χ4n) is 1.02. The van der Waals surface area contributed by atoms with Gasteiger partial charge in [-0.1, -0.05) is 13.0 Å². The summed E-state index contributed by atoms with van der Waals surface area (Å²) in [6.45, 7) is 3.15. The van der Waals surface area contributed by atoms with Crippen molar-refractivity contribution < 1.29 is 4.79 Å². The standard InChI is InChI=1S/C10H16N4O/c1-2-5-12-10(15)14-7-8-3-4-9(11)13-6-8/h3-4,6H,2,5,7H2,1H3,(H2,11,13)(H2,12,14,15). The minimum atomic E-state index is -0.159. The number of nitrogens with one attached hydrogen (secondary N) is 2. The van der Waals surface area contributed by atoms with Gasteiger partial charge in [-0.05, 0) is 18.1 Å². The Morgan fingerprint density at radius 3 is 2.87 bits per heavy atom. The van der Waals surface area contributed by atoms with Crippen molar-refractivity contribution in [1.82, 2.24) is 15.6 Å². The molecule has 0 bridgehead atoms. The molecule has 82 valence electrons. The lowest BCUT2D eigenvalue weighted by molar-refractivity contribution is 0.240. The zero-order valence-electron chi connectivity index (χ0n) is 8.79. The van der Waals surface area contributed by atoms with E-state index in [-0.39, 0.29) is 6.03 Å². The predicted octanol–water partition coefficient (Wildman–Crippen LogP) is 0.873. The quantitative estimate of drug-likeness (QED) is 0.687. The molecule has 1 heterocycles. The SMILES string of the molecule is CCCNC(=O)NCc1ccc(N)nc1. The molecule has 0 aliphatic heterocycles. The number of anilines is 1. The highest BCUT2D eigenvalue weighted by atomic mass is 16.2. The summed E-state index contributed by atoms with van der Waals surface area (Å²) in [4.78, 5) is 15.1. The van der Waals surface area contributed by atoms with Crippen LogP contribution in [0.5, 0.6) is 0 Å². The van der Waals surface area contributed by atoms with Gasteiger partial charge in [0.1, 0.15) is 5.82 Å². The zero-order chi connectivity index (χ0) is 11.1. The highest BCUT2D eigenvalue weighted by molar-refractivity contribution is 5.73. The number of nitrogens with zero attached hydrogens (tertiary/aromatic N) is 1. The van der Waals surface area contributed by atoms with E-state index < -0.39 is 0 Å². The van der Waals surface area contributed by atoms with Crippen LogP contribution in [0.15, 0.2) is 18.3 Å². The second-order valence-corrected chi connectivity index (χ2v) is 3.20. The Balaban J connectivity index is 2.30. The van der Waals surface area contributed by atoms with Crippen LogP contribution in [-0.4, -0.2) is 17.6 Å². The average molecular weight is 208 g/mol. The Labute approximate surface area is 89.1 Å². The minimum Gasteiger partial charge on any atom is -0.384 e. The van der Waals surface area contributed by atoms with E-state index >= 15 is 0 Å². The number of urea groups is 1. The van der Waals surface area contributed by atoms with Crippen LogP contribution in [0.2, 0.25) is 0 Å². The minimum absolute atomic E-state index is 0.159. The molecule has 15 heavy (non-hydrogen) atoms. The van der Waals surface area contributed by atoms with Crippen LogP contribution in [0.25, 0.3) is 0 Å². The smallest absolute Gasteiger partial charge is 0.315 e. The highest BCUT2D eigenvalue weighted by Gasteiger charge is 1.98. The second kappa shape index (κ2) is 5.85. The zero-order valence-corrected chi connectivity index (χ0v) is 8.79. The van der Waals surface area contributed by atoms with Crippen molar-refractivity contribution in [1.29, 1.82) is 0 Å². The van der Waals surface area contributed by atoms with Crippen molar-refractivity contribution in [2.45, 2.75) is 19.9 Å². The van der Waals surface area contributed by atoms with Crippen LogP contribution in [0.4, 0.5) is 10.6 Å². The topological polar surface area (TPSA) is 80.0 Å². The summed E-state index contributed by atoms with van der Waals surface area (Å²) in [5, 5.41) is 5.44. The van der Waals surface area contributed by atoms with Gasteiger partial charge in [-0.15, -0.1) is 0 Å². The van der Waals surface area contributed by atoms with Gasteiger partial charge in [-0.25, -0.2) is 9.78 Å². The molecule has 0 aliphatic rings. The Bertz CT molecular complexity index is 310. The van der Waals surface area contributed by atoms with Gasteiger partial charge in [-0.3, -0.25) is 0 Å². The van der Waals surface area contributed by atoms with E-state index in [2.05, 4.69) is 15.6 Å². The normalized spacial score (nSPS) is 9.67. The number of aromatic nitrogens is 1. The van der Waals surface area contributed by atoms with Crippen LogP contribution in [0.3, 0.4) is 0 Å². The summed E-state index contributed by atoms with van der Waals surface area (Å²) < 4.78 is 0. The molecule has 1 aromatic heterocycles. The van der Waals surface area contributed by atoms with Crippen molar-refractivity contribution in [3.63, 3.8) is 0 Å². The number of hydrogen-bond donors (Lipinski definition) is 3. The van der Waals surface area contributed by atoms with Crippen molar-refractivity contribution >= 4 is 11.8 Å². The van der Waals surface area contributed by atoms with Crippen molar-refractivity contribution in [3.8, 4) is 0 Å². The first-order valence-electron chi connectivity index (χ1n) is 4.94. The van der Waals surface area contributed by atoms with Crippen molar-refractivity contribution in [2.75, 3.05) is 12.3 Å². The van der Waals surface area contributed by atoms with E-state index in [0.29, 0.717) is 18.9 Å². The number of carbonyl (C=O) groups excluding carboxylic acids is 1. The van der Waals surface area contributed by atoms with Gasteiger partial charge in [0.05, 0.1) is 0 Å². The number of carbonyl (C=O) groups is 1. The molecule has 5 nitrogen and oxygen atoms in total. The van der Waals surface area contributed by atoms with Gasteiger partial charge < -0.3 is 16.4 Å². The molecule has 4 N–H and O–H groups in total. The third-order valence-electron chi connectivity index (χ3n) is 1.84. The van der Waals surface area contributed by atoms with Gasteiger partial charge >= 0.3 is 6.03 Å². The third-order valence-corrected chi connectivity index (χ3v) is 1.84. The molecule has 0 spiro atoms. The molecule has 2 amide bonds. The first-order valence-corrected chi connectivity index (χ1v) is 4.94. The van der Waals surface area contributed by atoms with E-state index in [0.717, 1.165) is 12.0 Å². The Morgan fingerprint density at radius 1 is 1.47 bits per heavy atom. The van der Waals surface area contributed by atoms with Gasteiger partial charge in [0.15, 0.2) is 0 Å². The van der Waals surface area contributed by atoms with Crippen LogP contribution in [-0.2, 0) is 6.54 Å². The van der Waals surface area contributed by atoms with Crippen LogP contribution >= 0.6 is 0 Å². The molecular weight excluding hydrogens is 192 g/mol. The number of rotatable bonds is 4. The fraction of sp³-hybridized carbons (Fsp3) is 0.400. The molecule has 0 saturated carbocycles. The van der Waals surface area contributed by atoms with E-state index in [1.54, 1.807) is 12.3 Å². The summed E-state index contributed by atoms with van der Waals surface area (Å²) in [5.74, 6) is 0.481.